The average Bonchev–Trinajstić information content (AvgIpc) is 2.70. The number of sulfone groups is 1. The molecule has 1 saturated carbocycles. The SMILES string of the molecule is CCS(=O)C1CCCC(NC(=NC)NCCCS(=O)(=O)c2ccccc2)C1. The molecular weight excluding hydrogens is 382 g/mol. The fourth-order valence-corrected chi connectivity index (χ4v) is 6.03. The molecule has 0 saturated heterocycles. The Kier molecular flexibility index (Phi) is 8.76. The van der Waals surface area contributed by atoms with Crippen molar-refractivity contribution < 1.29 is 12.6 Å². The topological polar surface area (TPSA) is 87.6 Å². The molecule has 0 heterocycles. The first kappa shape index (κ1) is 21.9. The number of hydrogen-bond acceptors (Lipinski definition) is 4. The molecule has 0 aromatic heterocycles. The Morgan fingerprint density at radius 1 is 1.26 bits per heavy atom. The maximum Gasteiger partial charge on any atom is 0.191 e. The number of aliphatic imine (C=N–C) groups is 1. The van der Waals surface area contributed by atoms with Gasteiger partial charge in [-0.3, -0.25) is 9.20 Å². The molecule has 1 aromatic carbocycles. The van der Waals surface area contributed by atoms with Crippen LogP contribution < -0.4 is 10.6 Å². The summed E-state index contributed by atoms with van der Waals surface area (Å²) in [5.74, 6) is 1.49. The van der Waals surface area contributed by atoms with Gasteiger partial charge < -0.3 is 10.6 Å². The minimum atomic E-state index is -3.25. The van der Waals surface area contributed by atoms with Gasteiger partial charge in [0.1, 0.15) is 0 Å². The van der Waals surface area contributed by atoms with Gasteiger partial charge in [-0.05, 0) is 37.8 Å². The van der Waals surface area contributed by atoms with Gasteiger partial charge in [-0.25, -0.2) is 8.42 Å². The molecule has 2 N–H and O–H groups in total. The predicted molar refractivity (Wildman–Crippen MR) is 112 cm³/mol. The highest BCUT2D eigenvalue weighted by molar-refractivity contribution is 7.91. The third-order valence-electron chi connectivity index (χ3n) is 4.83. The molecule has 2 rings (SSSR count). The molecule has 6 nitrogen and oxygen atoms in total. The van der Waals surface area contributed by atoms with Crippen LogP contribution in [0.3, 0.4) is 0 Å². The van der Waals surface area contributed by atoms with Crippen LogP contribution in [-0.2, 0) is 20.6 Å². The van der Waals surface area contributed by atoms with E-state index in [-0.39, 0.29) is 17.0 Å². The molecular formula is C19H31N3O3S2. The number of nitrogens with zero attached hydrogens (tertiary/aromatic N) is 1. The zero-order chi connectivity index (χ0) is 19.7. The van der Waals surface area contributed by atoms with E-state index in [2.05, 4.69) is 15.6 Å². The van der Waals surface area contributed by atoms with E-state index in [9.17, 15) is 12.6 Å². The van der Waals surface area contributed by atoms with Crippen LogP contribution in [0.4, 0.5) is 0 Å². The smallest absolute Gasteiger partial charge is 0.191 e. The Bertz CT molecular complexity index is 736. The van der Waals surface area contributed by atoms with Crippen molar-refractivity contribution in [3.8, 4) is 0 Å². The van der Waals surface area contributed by atoms with Crippen molar-refractivity contribution in [2.45, 2.75) is 55.2 Å². The fraction of sp³-hybridized carbons (Fsp3) is 0.632. The second kappa shape index (κ2) is 10.8. The van der Waals surface area contributed by atoms with Crippen molar-refractivity contribution in [3.63, 3.8) is 0 Å². The van der Waals surface area contributed by atoms with Gasteiger partial charge in [0.2, 0.25) is 0 Å². The second-order valence-electron chi connectivity index (χ2n) is 6.78. The molecule has 0 radical (unpaired) electrons. The van der Waals surface area contributed by atoms with Crippen molar-refractivity contribution in [1.82, 2.24) is 10.6 Å². The lowest BCUT2D eigenvalue weighted by atomic mass is 9.95. The van der Waals surface area contributed by atoms with E-state index in [1.807, 2.05) is 13.0 Å². The summed E-state index contributed by atoms with van der Waals surface area (Å²) in [7, 11) is -2.29. The summed E-state index contributed by atoms with van der Waals surface area (Å²) in [4.78, 5) is 4.60. The molecule has 0 bridgehead atoms. The first-order valence-corrected chi connectivity index (χ1v) is 12.6. The summed E-state index contributed by atoms with van der Waals surface area (Å²) in [6.45, 7) is 2.50. The molecule has 0 aliphatic heterocycles. The third-order valence-corrected chi connectivity index (χ3v) is 8.39. The molecule has 1 aliphatic rings. The first-order valence-electron chi connectivity index (χ1n) is 9.58. The van der Waals surface area contributed by atoms with Crippen LogP contribution in [0, 0.1) is 0 Å². The van der Waals surface area contributed by atoms with Crippen molar-refractivity contribution >= 4 is 26.6 Å². The zero-order valence-corrected chi connectivity index (χ0v) is 17.8. The highest BCUT2D eigenvalue weighted by Gasteiger charge is 2.26. The van der Waals surface area contributed by atoms with Crippen LogP contribution >= 0.6 is 0 Å². The van der Waals surface area contributed by atoms with Crippen LogP contribution in [0.15, 0.2) is 40.2 Å². The van der Waals surface area contributed by atoms with Crippen molar-refractivity contribution in [3.05, 3.63) is 30.3 Å². The van der Waals surface area contributed by atoms with E-state index in [0.29, 0.717) is 29.6 Å². The van der Waals surface area contributed by atoms with E-state index in [0.717, 1.165) is 25.7 Å². The molecule has 0 amide bonds. The largest absolute Gasteiger partial charge is 0.356 e. The molecule has 0 spiro atoms. The Morgan fingerprint density at radius 3 is 2.67 bits per heavy atom. The standard InChI is InChI=1S/C19H31N3O3S2/c1-3-26(23)17-10-7-9-16(15-17)22-19(20-2)21-13-8-14-27(24,25)18-11-5-4-6-12-18/h4-6,11-12,16-17H,3,7-10,13-15H2,1-2H3,(H2,20,21,22). The summed E-state index contributed by atoms with van der Waals surface area (Å²) in [6, 6.07) is 8.80. The number of benzene rings is 1. The van der Waals surface area contributed by atoms with E-state index in [1.54, 1.807) is 31.3 Å². The second-order valence-corrected chi connectivity index (χ2v) is 10.9. The first-order chi connectivity index (χ1) is 13.0. The normalized spacial score (nSPS) is 22.2. The molecule has 152 valence electrons. The molecule has 1 aliphatic carbocycles. The van der Waals surface area contributed by atoms with Crippen LogP contribution in [0.5, 0.6) is 0 Å². The third kappa shape index (κ3) is 6.92. The minimum absolute atomic E-state index is 0.0992. The summed E-state index contributed by atoms with van der Waals surface area (Å²) in [5, 5.41) is 6.86. The lowest BCUT2D eigenvalue weighted by molar-refractivity contribution is 0.413. The minimum Gasteiger partial charge on any atom is -0.356 e. The van der Waals surface area contributed by atoms with Crippen LogP contribution in [0.2, 0.25) is 0 Å². The van der Waals surface area contributed by atoms with E-state index < -0.39 is 20.6 Å². The molecule has 1 fully saturated rings. The lowest BCUT2D eigenvalue weighted by Crippen LogP contribution is -2.47. The van der Waals surface area contributed by atoms with Gasteiger partial charge in [-0.2, -0.15) is 0 Å². The molecule has 27 heavy (non-hydrogen) atoms. The van der Waals surface area contributed by atoms with Crippen molar-refractivity contribution in [2.24, 2.45) is 4.99 Å². The molecule has 8 heteroatoms. The van der Waals surface area contributed by atoms with Crippen molar-refractivity contribution in [2.75, 3.05) is 25.1 Å². The van der Waals surface area contributed by atoms with E-state index in [1.165, 1.54) is 0 Å². The van der Waals surface area contributed by atoms with Crippen molar-refractivity contribution in [1.29, 1.82) is 0 Å². The van der Waals surface area contributed by atoms with Gasteiger partial charge in [0.05, 0.1) is 10.6 Å². The maximum atomic E-state index is 12.3. The fourth-order valence-electron chi connectivity index (χ4n) is 3.35. The van der Waals surface area contributed by atoms with Gasteiger partial charge in [0, 0.05) is 41.4 Å². The quantitative estimate of drug-likeness (QED) is 0.387. The van der Waals surface area contributed by atoms with Gasteiger partial charge in [-0.1, -0.05) is 31.5 Å². The van der Waals surface area contributed by atoms with E-state index >= 15 is 0 Å². The molecule has 3 atom stereocenters. The monoisotopic (exact) mass is 413 g/mol. The average molecular weight is 414 g/mol. The summed E-state index contributed by atoms with van der Waals surface area (Å²) in [6.07, 6.45) is 4.54. The lowest BCUT2D eigenvalue weighted by Gasteiger charge is -2.30. The van der Waals surface area contributed by atoms with Gasteiger partial charge in [0.25, 0.3) is 0 Å². The highest BCUT2D eigenvalue weighted by atomic mass is 32.2. The zero-order valence-electron chi connectivity index (χ0n) is 16.2. The van der Waals surface area contributed by atoms with Crippen LogP contribution in [-0.4, -0.2) is 55.0 Å². The van der Waals surface area contributed by atoms with Crippen LogP contribution in [0.25, 0.3) is 0 Å². The number of rotatable bonds is 8. The Balaban J connectivity index is 1.77. The van der Waals surface area contributed by atoms with Gasteiger partial charge >= 0.3 is 0 Å². The number of hydrogen-bond donors (Lipinski definition) is 2. The Labute approximate surface area is 165 Å². The van der Waals surface area contributed by atoms with Gasteiger partial charge in [-0.15, -0.1) is 0 Å². The highest BCUT2D eigenvalue weighted by Crippen LogP contribution is 2.23. The number of guanidine groups is 1. The summed E-state index contributed by atoms with van der Waals surface area (Å²) >= 11 is 0. The van der Waals surface area contributed by atoms with Gasteiger partial charge in [0.15, 0.2) is 15.8 Å². The molecule has 1 aromatic rings. The van der Waals surface area contributed by atoms with Crippen LogP contribution in [0.1, 0.15) is 39.0 Å². The molecule has 3 unspecified atom stereocenters. The number of nitrogens with one attached hydrogen (secondary N) is 2. The predicted octanol–water partition coefficient (Wildman–Crippen LogP) is 2.10. The Hall–Kier alpha value is -1.41. The summed E-state index contributed by atoms with van der Waals surface area (Å²) in [5.41, 5.74) is 0. The Morgan fingerprint density at radius 2 is 2.00 bits per heavy atom. The maximum absolute atomic E-state index is 12.3. The van der Waals surface area contributed by atoms with E-state index in [4.69, 9.17) is 0 Å². The summed E-state index contributed by atoms with van der Waals surface area (Å²) < 4.78 is 36.6.